The zero-order valence-corrected chi connectivity index (χ0v) is 13.3. The fourth-order valence-corrected chi connectivity index (χ4v) is 3.61. The van der Waals surface area contributed by atoms with Crippen molar-refractivity contribution in [3.8, 4) is 0 Å². The predicted molar refractivity (Wildman–Crippen MR) is 85.0 cm³/mol. The summed E-state index contributed by atoms with van der Waals surface area (Å²) >= 11 is 3.24. The largest absolute Gasteiger partial charge is 0.383 e. The summed E-state index contributed by atoms with van der Waals surface area (Å²) in [5, 5.41) is 7.40. The van der Waals surface area contributed by atoms with Gasteiger partial charge >= 0.3 is 0 Å². The molecule has 3 heterocycles. The lowest BCUT2D eigenvalue weighted by Crippen LogP contribution is -2.19. The van der Waals surface area contributed by atoms with Gasteiger partial charge in [0.1, 0.15) is 10.1 Å². The molecule has 3 aromatic heterocycles. The summed E-state index contributed by atoms with van der Waals surface area (Å²) in [5.74, 6) is 0. The molecule has 1 N–H and O–H groups in total. The monoisotopic (exact) mass is 320 g/mol. The third-order valence-electron chi connectivity index (χ3n) is 2.94. The first-order chi connectivity index (χ1) is 10.4. The normalized spacial score (nSPS) is 11.3. The third-order valence-corrected chi connectivity index (χ3v) is 4.67. The predicted octanol–water partition coefficient (Wildman–Crippen LogP) is 2.68. The molecule has 0 aliphatic rings. The first-order valence-electron chi connectivity index (χ1n) is 6.61. The molecule has 3 rings (SSSR count). The topological polar surface area (TPSA) is 51.5 Å². The maximum absolute atomic E-state index is 5.06. The number of fused-ring (bicyclic) bond motifs is 1. The van der Waals surface area contributed by atoms with Gasteiger partial charge in [0.25, 0.3) is 0 Å². The minimum Gasteiger partial charge on any atom is -0.383 e. The van der Waals surface area contributed by atoms with Crippen LogP contribution in [0.4, 0.5) is 0 Å². The van der Waals surface area contributed by atoms with Crippen LogP contribution in [-0.2, 0) is 11.3 Å². The van der Waals surface area contributed by atoms with Gasteiger partial charge in [-0.15, -0.1) is 11.3 Å². The Morgan fingerprint density at radius 3 is 3.19 bits per heavy atom. The molecule has 0 radical (unpaired) electrons. The summed E-state index contributed by atoms with van der Waals surface area (Å²) in [4.78, 5) is 10.1. The van der Waals surface area contributed by atoms with E-state index in [2.05, 4.69) is 26.3 Å². The average molecular weight is 320 g/mol. The molecular formula is C14H16N4OS2. The van der Waals surface area contributed by atoms with Crippen LogP contribution in [0.5, 0.6) is 0 Å². The van der Waals surface area contributed by atoms with Crippen molar-refractivity contribution in [3.05, 3.63) is 41.7 Å². The van der Waals surface area contributed by atoms with Crippen LogP contribution in [-0.4, -0.2) is 34.6 Å². The zero-order chi connectivity index (χ0) is 14.5. The molecule has 0 fully saturated rings. The van der Waals surface area contributed by atoms with Crippen LogP contribution in [0.25, 0.3) is 4.96 Å². The molecular weight excluding hydrogens is 304 g/mol. The van der Waals surface area contributed by atoms with Gasteiger partial charge in [-0.25, -0.2) is 9.97 Å². The van der Waals surface area contributed by atoms with E-state index in [1.165, 1.54) is 0 Å². The van der Waals surface area contributed by atoms with Gasteiger partial charge in [0.15, 0.2) is 4.96 Å². The minimum absolute atomic E-state index is 0.703. The molecule has 0 aliphatic heterocycles. The average Bonchev–Trinajstić information content (AvgIpc) is 3.07. The van der Waals surface area contributed by atoms with E-state index in [0.717, 1.165) is 33.8 Å². The molecule has 110 valence electrons. The lowest BCUT2D eigenvalue weighted by molar-refractivity contribution is 0.199. The van der Waals surface area contributed by atoms with Crippen LogP contribution in [0.15, 0.2) is 46.0 Å². The van der Waals surface area contributed by atoms with Crippen molar-refractivity contribution in [2.24, 2.45) is 0 Å². The SMILES string of the molecule is COCCNCc1c(Sc2ccccn2)nc2sccn12. The molecule has 0 aromatic carbocycles. The molecule has 5 nitrogen and oxygen atoms in total. The summed E-state index contributed by atoms with van der Waals surface area (Å²) in [6.07, 6.45) is 3.86. The fourth-order valence-electron chi connectivity index (χ4n) is 1.94. The van der Waals surface area contributed by atoms with Crippen LogP contribution in [0, 0.1) is 0 Å². The van der Waals surface area contributed by atoms with Gasteiger partial charge in [0, 0.05) is 38.0 Å². The number of pyridine rings is 1. The molecule has 7 heteroatoms. The number of rotatable bonds is 7. The van der Waals surface area contributed by atoms with E-state index in [9.17, 15) is 0 Å². The maximum atomic E-state index is 5.06. The highest BCUT2D eigenvalue weighted by Gasteiger charge is 2.14. The zero-order valence-electron chi connectivity index (χ0n) is 11.7. The van der Waals surface area contributed by atoms with Crippen LogP contribution >= 0.6 is 23.1 Å². The molecule has 3 aromatic rings. The van der Waals surface area contributed by atoms with Gasteiger partial charge in [0.05, 0.1) is 12.3 Å². The summed E-state index contributed by atoms with van der Waals surface area (Å²) in [6, 6.07) is 5.91. The van der Waals surface area contributed by atoms with E-state index in [0.29, 0.717) is 6.61 Å². The number of thiazole rings is 1. The summed E-state index contributed by atoms with van der Waals surface area (Å²) in [6.45, 7) is 2.28. The minimum atomic E-state index is 0.703. The lowest BCUT2D eigenvalue weighted by Gasteiger charge is -2.05. The Balaban J connectivity index is 1.81. The first-order valence-corrected chi connectivity index (χ1v) is 8.31. The highest BCUT2D eigenvalue weighted by Crippen LogP contribution is 2.30. The first kappa shape index (κ1) is 14.5. The van der Waals surface area contributed by atoms with Gasteiger partial charge in [0.2, 0.25) is 0 Å². The number of nitrogens with one attached hydrogen (secondary N) is 1. The molecule has 21 heavy (non-hydrogen) atoms. The van der Waals surface area contributed by atoms with E-state index < -0.39 is 0 Å². The Morgan fingerprint density at radius 2 is 2.38 bits per heavy atom. The summed E-state index contributed by atoms with van der Waals surface area (Å²) in [5.41, 5.74) is 1.16. The van der Waals surface area contributed by atoms with E-state index in [4.69, 9.17) is 9.72 Å². The third kappa shape index (κ3) is 3.44. The van der Waals surface area contributed by atoms with Crippen LogP contribution < -0.4 is 5.32 Å². The number of nitrogens with zero attached hydrogens (tertiary/aromatic N) is 3. The Bertz CT molecular complexity index is 695. The fraction of sp³-hybridized carbons (Fsp3) is 0.286. The van der Waals surface area contributed by atoms with Gasteiger partial charge in [-0.2, -0.15) is 0 Å². The van der Waals surface area contributed by atoms with Crippen molar-refractivity contribution in [1.29, 1.82) is 0 Å². The van der Waals surface area contributed by atoms with E-state index in [-0.39, 0.29) is 0 Å². The number of ether oxygens (including phenoxy) is 1. The van der Waals surface area contributed by atoms with Crippen molar-refractivity contribution < 1.29 is 4.74 Å². The highest BCUT2D eigenvalue weighted by molar-refractivity contribution is 7.99. The molecule has 0 aliphatic carbocycles. The van der Waals surface area contributed by atoms with Crippen molar-refractivity contribution >= 4 is 28.1 Å². The number of imidazole rings is 1. The summed E-state index contributed by atoms with van der Waals surface area (Å²) < 4.78 is 7.20. The van der Waals surface area contributed by atoms with Gasteiger partial charge in [-0.3, -0.25) is 4.40 Å². The quantitative estimate of drug-likeness (QED) is 0.678. The number of hydrogen-bond donors (Lipinski definition) is 1. The van der Waals surface area contributed by atoms with Gasteiger partial charge in [-0.1, -0.05) is 6.07 Å². The molecule has 0 bridgehead atoms. The number of hydrogen-bond acceptors (Lipinski definition) is 6. The van der Waals surface area contributed by atoms with Crippen molar-refractivity contribution in [2.45, 2.75) is 16.6 Å². The van der Waals surface area contributed by atoms with Crippen molar-refractivity contribution in [2.75, 3.05) is 20.3 Å². The summed E-state index contributed by atoms with van der Waals surface area (Å²) in [7, 11) is 1.71. The van der Waals surface area contributed by atoms with Crippen molar-refractivity contribution in [1.82, 2.24) is 19.7 Å². The highest BCUT2D eigenvalue weighted by atomic mass is 32.2. The Labute approximate surface area is 131 Å². The van der Waals surface area contributed by atoms with Crippen LogP contribution in [0.1, 0.15) is 5.69 Å². The molecule has 0 atom stereocenters. The van der Waals surface area contributed by atoms with E-state index in [1.54, 1.807) is 36.4 Å². The maximum Gasteiger partial charge on any atom is 0.194 e. The smallest absolute Gasteiger partial charge is 0.194 e. The lowest BCUT2D eigenvalue weighted by atomic mass is 10.4. The number of methoxy groups -OCH3 is 1. The molecule has 0 spiro atoms. The molecule has 0 amide bonds. The van der Waals surface area contributed by atoms with Crippen LogP contribution in [0.2, 0.25) is 0 Å². The van der Waals surface area contributed by atoms with Crippen molar-refractivity contribution in [3.63, 3.8) is 0 Å². The Kier molecular flexibility index (Phi) is 4.87. The van der Waals surface area contributed by atoms with E-state index >= 15 is 0 Å². The molecule has 0 saturated carbocycles. The Hall–Kier alpha value is -1.41. The second-order valence-electron chi connectivity index (χ2n) is 4.36. The second kappa shape index (κ2) is 7.04. The second-order valence-corrected chi connectivity index (χ2v) is 6.24. The van der Waals surface area contributed by atoms with Crippen LogP contribution in [0.3, 0.4) is 0 Å². The van der Waals surface area contributed by atoms with E-state index in [1.807, 2.05) is 18.2 Å². The molecule has 0 unspecified atom stereocenters. The van der Waals surface area contributed by atoms with Gasteiger partial charge < -0.3 is 10.1 Å². The molecule has 0 saturated heterocycles. The van der Waals surface area contributed by atoms with Gasteiger partial charge in [-0.05, 0) is 23.9 Å². The Morgan fingerprint density at radius 1 is 1.43 bits per heavy atom. The number of aromatic nitrogens is 3. The standard InChI is InChI=1S/C14H16N4OS2/c1-19-8-6-15-10-11-13(17-14-18(11)7-9-20-14)21-12-4-2-3-5-16-12/h2-5,7,9,15H,6,8,10H2,1H3.